The molecule has 1 heterocycles. The molecule has 3 aromatic carbocycles. The Kier molecular flexibility index (Phi) is 7.22. The Hall–Kier alpha value is -3.89. The van der Waals surface area contributed by atoms with Gasteiger partial charge in [0.2, 0.25) is 5.91 Å². The molecule has 0 fully saturated rings. The number of hydrogen-bond donors (Lipinski definition) is 1. The van der Waals surface area contributed by atoms with Crippen molar-refractivity contribution in [2.24, 2.45) is 5.92 Å². The number of benzene rings is 3. The lowest BCUT2D eigenvalue weighted by Gasteiger charge is -2.37. The van der Waals surface area contributed by atoms with Crippen LogP contribution in [0.15, 0.2) is 48.5 Å². The zero-order valence-electron chi connectivity index (χ0n) is 20.1. The van der Waals surface area contributed by atoms with Crippen molar-refractivity contribution in [3.63, 3.8) is 0 Å². The van der Waals surface area contributed by atoms with Crippen molar-refractivity contribution < 1.29 is 40.3 Å². The van der Waals surface area contributed by atoms with Gasteiger partial charge < -0.3 is 10.2 Å². The average Bonchev–Trinajstić information content (AvgIpc) is 2.84. The molecule has 3 aromatic rings. The number of alkyl halides is 3. The van der Waals surface area contributed by atoms with Crippen LogP contribution in [0.4, 0.5) is 36.4 Å². The second kappa shape index (κ2) is 10.1. The number of hydrogen-bond acceptors (Lipinski definition) is 2. The van der Waals surface area contributed by atoms with Crippen LogP contribution < -0.4 is 10.2 Å². The monoisotopic (exact) mass is 538 g/mol. The van der Waals surface area contributed by atoms with E-state index in [0.717, 1.165) is 23.1 Å². The fraction of sp³-hybridized carbons (Fsp3) is 0.259. The van der Waals surface area contributed by atoms with Crippen molar-refractivity contribution in [3.8, 4) is 0 Å². The third-order valence-electron chi connectivity index (χ3n) is 6.75. The molecule has 1 aliphatic rings. The summed E-state index contributed by atoms with van der Waals surface area (Å²) >= 11 is 0. The SMILES string of the molecule is CC1C(=O)N(Cc2c(F)cccc2C(F)(F)F)c2cc(C(=O)NCc3c(F)cc(F)cc3F)ccc2C1C. The first kappa shape index (κ1) is 27.2. The molecule has 2 atom stereocenters. The van der Waals surface area contributed by atoms with Crippen LogP contribution in [-0.4, -0.2) is 11.8 Å². The van der Waals surface area contributed by atoms with Gasteiger partial charge >= 0.3 is 6.18 Å². The van der Waals surface area contributed by atoms with E-state index < -0.39 is 77.0 Å². The van der Waals surface area contributed by atoms with Crippen molar-refractivity contribution in [1.29, 1.82) is 0 Å². The number of nitrogens with one attached hydrogen (secondary N) is 1. The number of fused-ring (bicyclic) bond motifs is 1. The van der Waals surface area contributed by atoms with Crippen LogP contribution in [0.1, 0.15) is 52.4 Å². The lowest BCUT2D eigenvalue weighted by atomic mass is 9.82. The molecule has 0 aliphatic carbocycles. The highest BCUT2D eigenvalue weighted by molar-refractivity contribution is 6.01. The number of amides is 2. The van der Waals surface area contributed by atoms with E-state index in [-0.39, 0.29) is 17.2 Å². The maximum atomic E-state index is 14.6. The minimum absolute atomic E-state index is 0.0594. The lowest BCUT2D eigenvalue weighted by molar-refractivity contribution is -0.138. The Morgan fingerprint density at radius 3 is 2.18 bits per heavy atom. The van der Waals surface area contributed by atoms with E-state index in [4.69, 9.17) is 0 Å². The van der Waals surface area contributed by atoms with Gasteiger partial charge in [0.25, 0.3) is 5.91 Å². The second-order valence-electron chi connectivity index (χ2n) is 9.07. The fourth-order valence-corrected chi connectivity index (χ4v) is 4.47. The molecule has 4 rings (SSSR count). The molecule has 2 amide bonds. The van der Waals surface area contributed by atoms with Gasteiger partial charge in [0.05, 0.1) is 12.1 Å². The van der Waals surface area contributed by atoms with Gasteiger partial charge in [-0.3, -0.25) is 9.59 Å². The molecule has 1 aliphatic heterocycles. The molecule has 0 saturated heterocycles. The number of anilines is 1. The third kappa shape index (κ3) is 5.09. The van der Waals surface area contributed by atoms with E-state index in [1.165, 1.54) is 18.2 Å². The van der Waals surface area contributed by atoms with E-state index in [1.54, 1.807) is 13.8 Å². The zero-order valence-corrected chi connectivity index (χ0v) is 20.1. The van der Waals surface area contributed by atoms with Crippen LogP contribution in [0.5, 0.6) is 0 Å². The predicted octanol–water partition coefficient (Wildman–Crippen LogP) is 6.48. The van der Waals surface area contributed by atoms with E-state index >= 15 is 0 Å². The largest absolute Gasteiger partial charge is 0.416 e. The molecule has 2 unspecified atom stereocenters. The summed E-state index contributed by atoms with van der Waals surface area (Å²) < 4.78 is 96.4. The number of carbonyl (C=O) groups excluding carboxylic acids is 2. The summed E-state index contributed by atoms with van der Waals surface area (Å²) in [6.45, 7) is 1.99. The van der Waals surface area contributed by atoms with Gasteiger partial charge in [-0.2, -0.15) is 13.2 Å². The Morgan fingerprint density at radius 2 is 1.55 bits per heavy atom. The maximum absolute atomic E-state index is 14.6. The molecule has 4 nitrogen and oxygen atoms in total. The topological polar surface area (TPSA) is 49.4 Å². The molecule has 0 bridgehead atoms. The number of halogens is 7. The maximum Gasteiger partial charge on any atom is 0.416 e. The molecule has 0 aromatic heterocycles. The third-order valence-corrected chi connectivity index (χ3v) is 6.75. The van der Waals surface area contributed by atoms with Gasteiger partial charge in [-0.15, -0.1) is 0 Å². The molecule has 1 N–H and O–H groups in total. The van der Waals surface area contributed by atoms with Crippen molar-refractivity contribution in [1.82, 2.24) is 5.32 Å². The first-order valence-corrected chi connectivity index (χ1v) is 11.5. The summed E-state index contributed by atoms with van der Waals surface area (Å²) in [5, 5.41) is 2.30. The number of nitrogens with zero attached hydrogens (tertiary/aromatic N) is 1. The van der Waals surface area contributed by atoms with Crippen LogP contribution in [-0.2, 0) is 24.1 Å². The minimum Gasteiger partial charge on any atom is -0.348 e. The Labute approximate surface area is 213 Å². The van der Waals surface area contributed by atoms with E-state index in [1.807, 2.05) is 0 Å². The lowest BCUT2D eigenvalue weighted by Crippen LogP contribution is -2.42. The van der Waals surface area contributed by atoms with Gasteiger partial charge in [0, 0.05) is 47.0 Å². The van der Waals surface area contributed by atoms with Crippen molar-refractivity contribution in [2.75, 3.05) is 4.90 Å². The minimum atomic E-state index is -4.87. The van der Waals surface area contributed by atoms with Crippen LogP contribution in [0, 0.1) is 29.2 Å². The Bertz CT molecular complexity index is 1400. The quantitative estimate of drug-likeness (QED) is 0.378. The summed E-state index contributed by atoms with van der Waals surface area (Å²) in [7, 11) is 0. The summed E-state index contributed by atoms with van der Waals surface area (Å²) in [5.74, 6) is -7.04. The number of rotatable bonds is 5. The van der Waals surface area contributed by atoms with Crippen LogP contribution >= 0.6 is 0 Å². The first-order valence-electron chi connectivity index (χ1n) is 11.5. The van der Waals surface area contributed by atoms with E-state index in [2.05, 4.69) is 5.32 Å². The number of carbonyl (C=O) groups is 2. The standard InChI is InChI=1S/C27H21F7N2O2/c1-13-14(2)26(38)36(12-19-20(27(32,33)34)4-3-5-21(19)29)24-8-15(6-7-17(13)24)25(37)35-11-18-22(30)9-16(28)10-23(18)31/h3-10,13-14H,11-12H2,1-2H3,(H,35,37). The predicted molar refractivity (Wildman–Crippen MR) is 124 cm³/mol. The normalized spacial score (nSPS) is 17.4. The first-order chi connectivity index (χ1) is 17.8. The van der Waals surface area contributed by atoms with Gasteiger partial charge in [-0.25, -0.2) is 17.6 Å². The molecule has 200 valence electrons. The highest BCUT2D eigenvalue weighted by Crippen LogP contribution is 2.42. The van der Waals surface area contributed by atoms with E-state index in [9.17, 15) is 40.3 Å². The van der Waals surface area contributed by atoms with E-state index in [0.29, 0.717) is 17.7 Å². The molecular weight excluding hydrogens is 517 g/mol. The van der Waals surface area contributed by atoms with Crippen LogP contribution in [0.25, 0.3) is 0 Å². The fourth-order valence-electron chi connectivity index (χ4n) is 4.47. The highest BCUT2D eigenvalue weighted by atomic mass is 19.4. The zero-order chi connectivity index (χ0) is 27.9. The summed E-state index contributed by atoms with van der Waals surface area (Å²) in [6, 6.07) is 7.62. The van der Waals surface area contributed by atoms with Crippen LogP contribution in [0.2, 0.25) is 0 Å². The molecule has 38 heavy (non-hydrogen) atoms. The Morgan fingerprint density at radius 1 is 0.895 bits per heavy atom. The molecule has 0 saturated carbocycles. The summed E-state index contributed by atoms with van der Waals surface area (Å²) in [6.07, 6.45) is -4.87. The summed E-state index contributed by atoms with van der Waals surface area (Å²) in [4.78, 5) is 27.0. The molecular formula is C27H21F7N2O2. The van der Waals surface area contributed by atoms with Gasteiger partial charge in [-0.1, -0.05) is 26.0 Å². The van der Waals surface area contributed by atoms with Crippen molar-refractivity contribution in [2.45, 2.75) is 39.0 Å². The van der Waals surface area contributed by atoms with Crippen molar-refractivity contribution in [3.05, 3.63) is 99.6 Å². The Balaban J connectivity index is 1.69. The average molecular weight is 538 g/mol. The molecule has 11 heteroatoms. The van der Waals surface area contributed by atoms with Gasteiger partial charge in [-0.05, 0) is 35.7 Å². The van der Waals surface area contributed by atoms with Crippen molar-refractivity contribution >= 4 is 17.5 Å². The van der Waals surface area contributed by atoms with Crippen LogP contribution in [0.3, 0.4) is 0 Å². The molecule has 0 spiro atoms. The van der Waals surface area contributed by atoms with Gasteiger partial charge in [0.15, 0.2) is 0 Å². The van der Waals surface area contributed by atoms with Gasteiger partial charge in [0.1, 0.15) is 23.3 Å². The second-order valence-corrected chi connectivity index (χ2v) is 9.07. The molecule has 0 radical (unpaired) electrons. The highest BCUT2D eigenvalue weighted by Gasteiger charge is 2.39. The smallest absolute Gasteiger partial charge is 0.348 e. The summed E-state index contributed by atoms with van der Waals surface area (Å²) in [5.41, 5.74) is -1.92.